The lowest BCUT2D eigenvalue weighted by Crippen LogP contribution is -2.43. The zero-order valence-corrected chi connectivity index (χ0v) is 31.7. The van der Waals surface area contributed by atoms with Gasteiger partial charge >= 0.3 is 18.1 Å². The molecular formula is C38H38ClF3N6O5S. The molecule has 1 saturated carbocycles. The summed E-state index contributed by atoms with van der Waals surface area (Å²) in [6, 6.07) is 5.97. The second kappa shape index (κ2) is 13.4. The number of carbonyl (C=O) groups is 2. The number of fused-ring (bicyclic) bond motifs is 4. The summed E-state index contributed by atoms with van der Waals surface area (Å²) in [5, 5.41) is 13.2. The third kappa shape index (κ3) is 6.16. The van der Waals surface area contributed by atoms with E-state index >= 15 is 8.78 Å². The van der Waals surface area contributed by atoms with E-state index in [9.17, 15) is 19.2 Å². The van der Waals surface area contributed by atoms with Crippen LogP contribution in [-0.2, 0) is 14.3 Å². The van der Waals surface area contributed by atoms with Gasteiger partial charge in [0.1, 0.15) is 46.6 Å². The van der Waals surface area contributed by atoms with Crippen molar-refractivity contribution < 1.29 is 37.0 Å². The van der Waals surface area contributed by atoms with Crippen molar-refractivity contribution in [2.75, 3.05) is 50.1 Å². The van der Waals surface area contributed by atoms with Crippen LogP contribution in [0, 0.1) is 40.7 Å². The minimum absolute atomic E-state index is 0.00822. The van der Waals surface area contributed by atoms with Crippen molar-refractivity contribution in [1.82, 2.24) is 14.9 Å². The molecule has 4 aliphatic rings. The largest absolute Gasteiger partial charge is 0.469 e. The van der Waals surface area contributed by atoms with Gasteiger partial charge in [0, 0.05) is 42.4 Å². The normalized spacial score (nSPS) is 25.0. The lowest BCUT2D eigenvalue weighted by atomic mass is 9.67. The summed E-state index contributed by atoms with van der Waals surface area (Å²) in [5.41, 5.74) is -1.58. The number of aromatic nitrogens is 2. The van der Waals surface area contributed by atoms with E-state index in [0.29, 0.717) is 43.7 Å². The average molecular weight is 783 g/mol. The van der Waals surface area contributed by atoms with Crippen molar-refractivity contribution in [1.29, 1.82) is 5.26 Å². The van der Waals surface area contributed by atoms with Gasteiger partial charge < -0.3 is 19.1 Å². The SMILES string of the molecule is COC(=O)C1CC2CN(c3nc(OC[C@@]45CCCN4C[C@H](F)C5)nc4c(F)c(-c5ccc(F)c6sc(NC(=O)OC(C)(C)C)c(C#N)c56)c(Cl)cc34)CC21. The van der Waals surface area contributed by atoms with E-state index in [4.69, 9.17) is 30.8 Å². The van der Waals surface area contributed by atoms with Crippen LogP contribution in [-0.4, -0.2) is 84.1 Å². The first-order chi connectivity index (χ1) is 25.7. The van der Waals surface area contributed by atoms with Gasteiger partial charge in [-0.3, -0.25) is 15.0 Å². The second-order valence-corrected chi connectivity index (χ2v) is 17.1. The molecule has 4 fully saturated rings. The van der Waals surface area contributed by atoms with E-state index in [1.54, 1.807) is 26.8 Å². The lowest BCUT2D eigenvalue weighted by Gasteiger charge is -2.36. The van der Waals surface area contributed by atoms with Crippen molar-refractivity contribution in [3.63, 3.8) is 0 Å². The van der Waals surface area contributed by atoms with Gasteiger partial charge in [-0.15, -0.1) is 11.3 Å². The first-order valence-corrected chi connectivity index (χ1v) is 19.1. The quantitative estimate of drug-likeness (QED) is 0.185. The molecule has 8 rings (SSSR count). The van der Waals surface area contributed by atoms with Crippen LogP contribution in [0.1, 0.15) is 52.0 Å². The van der Waals surface area contributed by atoms with Gasteiger partial charge in [0.2, 0.25) is 0 Å². The molecule has 0 bridgehead atoms. The molecule has 11 nitrogen and oxygen atoms in total. The highest BCUT2D eigenvalue weighted by atomic mass is 35.5. The predicted molar refractivity (Wildman–Crippen MR) is 198 cm³/mol. The van der Waals surface area contributed by atoms with E-state index in [-0.39, 0.29) is 78.7 Å². The third-order valence-corrected chi connectivity index (χ3v) is 12.6. The van der Waals surface area contributed by atoms with Gasteiger partial charge in [0.25, 0.3) is 0 Å². The molecular weight excluding hydrogens is 745 g/mol. The summed E-state index contributed by atoms with van der Waals surface area (Å²) >= 11 is 7.74. The molecule has 2 aromatic carbocycles. The third-order valence-electron chi connectivity index (χ3n) is 11.2. The zero-order chi connectivity index (χ0) is 38.3. The zero-order valence-electron chi connectivity index (χ0n) is 30.1. The predicted octanol–water partition coefficient (Wildman–Crippen LogP) is 7.86. The molecule has 3 unspecified atom stereocenters. The number of hydrogen-bond donors (Lipinski definition) is 1. The number of rotatable bonds is 7. The lowest BCUT2D eigenvalue weighted by molar-refractivity contribution is -0.153. The molecule has 16 heteroatoms. The fraction of sp³-hybridized carbons (Fsp3) is 0.500. The molecule has 1 amide bonds. The fourth-order valence-electron chi connectivity index (χ4n) is 8.83. The minimum atomic E-state index is -0.977. The molecule has 3 saturated heterocycles. The maximum Gasteiger partial charge on any atom is 0.412 e. The number of benzene rings is 2. The van der Waals surface area contributed by atoms with Crippen molar-refractivity contribution in [3.05, 3.63) is 40.4 Å². The Morgan fingerprint density at radius 3 is 2.74 bits per heavy atom. The van der Waals surface area contributed by atoms with Gasteiger partial charge in [-0.05, 0) is 76.1 Å². The Morgan fingerprint density at radius 2 is 2.00 bits per heavy atom. The molecule has 5 heterocycles. The maximum absolute atomic E-state index is 17.3. The van der Waals surface area contributed by atoms with Crippen LogP contribution < -0.4 is 15.0 Å². The number of amides is 1. The Balaban J connectivity index is 1.24. The number of nitrogens with one attached hydrogen (secondary N) is 1. The van der Waals surface area contributed by atoms with E-state index < -0.39 is 35.0 Å². The molecule has 1 aliphatic carbocycles. The summed E-state index contributed by atoms with van der Waals surface area (Å²) in [7, 11) is 1.37. The van der Waals surface area contributed by atoms with E-state index in [1.807, 2.05) is 11.0 Å². The number of ether oxygens (including phenoxy) is 3. The highest BCUT2D eigenvalue weighted by molar-refractivity contribution is 7.23. The molecule has 54 heavy (non-hydrogen) atoms. The molecule has 284 valence electrons. The second-order valence-electron chi connectivity index (χ2n) is 15.7. The smallest absolute Gasteiger partial charge is 0.412 e. The summed E-state index contributed by atoms with van der Waals surface area (Å²) in [5.74, 6) is -1.45. The first kappa shape index (κ1) is 36.6. The molecule has 0 radical (unpaired) electrons. The molecule has 2 aromatic heterocycles. The van der Waals surface area contributed by atoms with Crippen molar-refractivity contribution in [3.8, 4) is 23.2 Å². The van der Waals surface area contributed by atoms with Crippen molar-refractivity contribution in [2.24, 2.45) is 17.8 Å². The first-order valence-electron chi connectivity index (χ1n) is 17.9. The number of hydrogen-bond acceptors (Lipinski definition) is 11. The Kier molecular flexibility index (Phi) is 9.09. The number of thiophene rings is 1. The molecule has 3 aliphatic heterocycles. The molecule has 5 atom stereocenters. The van der Waals surface area contributed by atoms with Crippen LogP contribution >= 0.6 is 22.9 Å². The monoisotopic (exact) mass is 782 g/mol. The summed E-state index contributed by atoms with van der Waals surface area (Å²) in [6.07, 6.45) is 0.818. The standard InChI is InChI=1S/C38H38ClF3N6O5S/c1-37(2,3)53-36(50)46-33-23(13-43)27-20(6-7-26(41)31(27)54-33)28-25(39)11-22-30(29(28)42)44-35(52-17-38-8-5-9-48(38)15-19(40)12-38)45-32(22)47-14-18-10-21(24(18)16-47)34(49)51-4/h6-7,11,18-19,21,24H,5,8-10,12,14-17H2,1-4H3,(H,46,50)/t18?,19-,21?,24?,38+/m1/s1. The van der Waals surface area contributed by atoms with Gasteiger partial charge in [-0.2, -0.15) is 15.2 Å². The van der Waals surface area contributed by atoms with Gasteiger partial charge in [-0.25, -0.2) is 18.0 Å². The Bertz CT molecular complexity index is 2260. The number of esters is 1. The van der Waals surface area contributed by atoms with Crippen LogP contribution in [0.2, 0.25) is 5.02 Å². The average Bonchev–Trinajstić information content (AvgIpc) is 3.83. The fourth-order valence-corrected chi connectivity index (χ4v) is 10.2. The summed E-state index contributed by atoms with van der Waals surface area (Å²) in [4.78, 5) is 38.6. The molecule has 1 N–H and O–H groups in total. The number of halogens is 4. The van der Waals surface area contributed by atoms with Crippen LogP contribution in [0.3, 0.4) is 0 Å². The topological polar surface area (TPSA) is 130 Å². The Labute approximate surface area is 318 Å². The summed E-state index contributed by atoms with van der Waals surface area (Å²) < 4.78 is 63.9. The minimum Gasteiger partial charge on any atom is -0.469 e. The van der Waals surface area contributed by atoms with Crippen LogP contribution in [0.5, 0.6) is 6.01 Å². The Morgan fingerprint density at radius 1 is 1.20 bits per heavy atom. The van der Waals surface area contributed by atoms with Crippen LogP contribution in [0.25, 0.3) is 32.1 Å². The maximum atomic E-state index is 17.3. The molecule has 4 aromatic rings. The number of anilines is 2. The van der Waals surface area contributed by atoms with Gasteiger partial charge in [0.05, 0.1) is 33.9 Å². The van der Waals surface area contributed by atoms with Crippen LogP contribution in [0.4, 0.5) is 28.8 Å². The highest BCUT2D eigenvalue weighted by Gasteiger charge is 2.52. The number of methoxy groups -OCH3 is 1. The number of carbonyl (C=O) groups excluding carboxylic acids is 2. The van der Waals surface area contributed by atoms with E-state index in [0.717, 1.165) is 36.8 Å². The van der Waals surface area contributed by atoms with E-state index in [2.05, 4.69) is 15.2 Å². The Hall–Kier alpha value is -4.39. The number of nitrogens with zero attached hydrogens (tertiary/aromatic N) is 5. The van der Waals surface area contributed by atoms with Crippen molar-refractivity contribution >= 4 is 66.8 Å². The summed E-state index contributed by atoms with van der Waals surface area (Å²) in [6.45, 7) is 7.26. The van der Waals surface area contributed by atoms with Crippen molar-refractivity contribution in [2.45, 2.75) is 63.8 Å². The number of alkyl halides is 1. The number of nitriles is 1. The van der Waals surface area contributed by atoms with Crippen LogP contribution in [0.15, 0.2) is 18.2 Å². The van der Waals surface area contributed by atoms with Gasteiger partial charge in [0.15, 0.2) is 5.82 Å². The highest BCUT2D eigenvalue weighted by Crippen LogP contribution is 2.50. The van der Waals surface area contributed by atoms with E-state index in [1.165, 1.54) is 13.2 Å². The molecule has 0 spiro atoms. The van der Waals surface area contributed by atoms with Gasteiger partial charge in [-0.1, -0.05) is 17.7 Å².